The summed E-state index contributed by atoms with van der Waals surface area (Å²) in [6, 6.07) is 0. The molecular weight excluding hydrogens is 247 g/mol. The van der Waals surface area contributed by atoms with E-state index in [1.807, 2.05) is 0 Å². The summed E-state index contributed by atoms with van der Waals surface area (Å²) in [7, 11) is -4.56. The molecule has 2 unspecified atom stereocenters. The first-order chi connectivity index (χ1) is 4.49. The Morgan fingerprint density at radius 1 is 0.923 bits per heavy atom. The molecule has 10 heteroatoms. The Morgan fingerprint density at radius 3 is 1.46 bits per heavy atom. The van der Waals surface area contributed by atoms with Crippen LogP contribution in [0.4, 0.5) is 0 Å². The monoisotopic (exact) mass is 253 g/mol. The van der Waals surface area contributed by atoms with Crippen molar-refractivity contribution in [2.75, 3.05) is 0 Å². The van der Waals surface area contributed by atoms with E-state index in [9.17, 15) is 9.13 Å². The molecule has 1 aliphatic heterocycles. The predicted octanol–water partition coefficient (Wildman–Crippen LogP) is 0.958. The third-order valence-corrected chi connectivity index (χ3v) is 2.97. The van der Waals surface area contributed by atoms with Gasteiger partial charge < -0.3 is 0 Å². The molecule has 0 aromatic carbocycles. The minimum Gasteiger partial charge on any atom is -0.0762 e. The Bertz CT molecular complexity index is 179. The Kier molecular flexibility index (Phi) is 15.0. The first-order valence-electron chi connectivity index (χ1n) is 2.50. The maximum Gasteiger partial charge on any atom is 0.750 e. The van der Waals surface area contributed by atoms with Crippen molar-refractivity contribution < 1.29 is 22.5 Å². The molecule has 0 bridgehead atoms. The summed E-state index contributed by atoms with van der Waals surface area (Å²) in [4.78, 5) is 0. The van der Waals surface area contributed by atoms with Crippen molar-refractivity contribution in [2.45, 2.75) is 19.6 Å². The summed E-state index contributed by atoms with van der Waals surface area (Å²) >= 11 is 0. The van der Waals surface area contributed by atoms with Crippen LogP contribution in [0, 0.1) is 0 Å². The summed E-state index contributed by atoms with van der Waals surface area (Å²) in [6.45, 7) is 3.02. The van der Waals surface area contributed by atoms with Crippen LogP contribution in [0.2, 0.25) is 0 Å². The van der Waals surface area contributed by atoms with Gasteiger partial charge >= 0.3 is 16.5 Å². The average Bonchev–Trinajstić information content (AvgIpc) is 1.54. The smallest absolute Gasteiger partial charge is 0.0762 e. The molecule has 2 atom stereocenters. The predicted molar refractivity (Wildman–Crippen MR) is 49.8 cm³/mol. The third-order valence-electron chi connectivity index (χ3n) is 0.722. The molecule has 0 amide bonds. The normalized spacial score (nSPS) is 24.8. The van der Waals surface area contributed by atoms with Gasteiger partial charge in [0.05, 0.1) is 0 Å². The Hall–Kier alpha value is 3.08. The van der Waals surface area contributed by atoms with Crippen LogP contribution in [0.25, 0.3) is 0 Å². The Balaban J connectivity index is -0.000000333. The van der Waals surface area contributed by atoms with Gasteiger partial charge in [-0.15, -0.1) is 0 Å². The zero-order valence-corrected chi connectivity index (χ0v) is 16.2. The molecule has 1 fully saturated rings. The van der Waals surface area contributed by atoms with Crippen LogP contribution in [-0.4, -0.2) is 94.5 Å². The fourth-order valence-corrected chi connectivity index (χ4v) is 2.02. The second-order valence-electron chi connectivity index (χ2n) is 2.11. The molecule has 3 radical (unpaired) electrons. The molecule has 0 aliphatic carbocycles. The van der Waals surface area contributed by atoms with Gasteiger partial charge in [0.1, 0.15) is 0 Å². The van der Waals surface area contributed by atoms with E-state index in [2.05, 4.69) is 13.4 Å². The minimum absolute atomic E-state index is 0. The van der Waals surface area contributed by atoms with Crippen LogP contribution in [-0.2, 0) is 22.5 Å². The first kappa shape index (κ1) is 21.4. The van der Waals surface area contributed by atoms with Gasteiger partial charge in [-0.3, -0.25) is 0 Å². The molecule has 0 N–H and O–H groups in total. The van der Waals surface area contributed by atoms with Gasteiger partial charge in [-0.05, 0) is 13.8 Å². The Labute approximate surface area is 145 Å². The average molecular weight is 253 g/mol. The summed E-state index contributed by atoms with van der Waals surface area (Å²) in [5.41, 5.74) is 0. The largest absolute Gasteiger partial charge is 0.750 e. The molecule has 13 heavy (non-hydrogen) atoms. The molecule has 1 rings (SSSR count). The molecule has 1 heterocycles. The summed E-state index contributed by atoms with van der Waals surface area (Å²) in [5.74, 6) is -1.07. The van der Waals surface area contributed by atoms with Gasteiger partial charge in [0.25, 0.3) is 5.79 Å². The SMILES string of the molecule is CC1(C)O[P+](=O)O[P+](=O)O1.[Na].[Na].[Na]. The number of rotatable bonds is 0. The van der Waals surface area contributed by atoms with Crippen molar-refractivity contribution in [3.05, 3.63) is 0 Å². The van der Waals surface area contributed by atoms with E-state index in [0.29, 0.717) is 0 Å². The zero-order chi connectivity index (χ0) is 7.78. The van der Waals surface area contributed by atoms with Crippen molar-refractivity contribution in [1.29, 1.82) is 0 Å². The van der Waals surface area contributed by atoms with Crippen LogP contribution < -0.4 is 0 Å². The Morgan fingerprint density at radius 2 is 1.23 bits per heavy atom. The van der Waals surface area contributed by atoms with Gasteiger partial charge in [-0.25, -0.2) is 0 Å². The van der Waals surface area contributed by atoms with E-state index in [1.165, 1.54) is 13.8 Å². The number of hydrogen-bond donors (Lipinski definition) is 0. The van der Waals surface area contributed by atoms with E-state index in [4.69, 9.17) is 0 Å². The standard InChI is InChI=1S/C3H6O5P2.3Na/c1-3(2)6-9(4)8-10(5)7-3;;;/h1-2H3;;;/q+2;;;. The quantitative estimate of drug-likeness (QED) is 0.475. The van der Waals surface area contributed by atoms with E-state index < -0.39 is 22.3 Å². The summed E-state index contributed by atoms with van der Waals surface area (Å²) in [6.07, 6.45) is 0. The van der Waals surface area contributed by atoms with Crippen LogP contribution in [0.5, 0.6) is 0 Å². The number of hydrogen-bond acceptors (Lipinski definition) is 5. The van der Waals surface area contributed by atoms with Crippen LogP contribution in [0.15, 0.2) is 0 Å². The topological polar surface area (TPSA) is 61.8 Å². The summed E-state index contributed by atoms with van der Waals surface area (Å²) in [5, 5.41) is 0. The zero-order valence-electron chi connectivity index (χ0n) is 8.44. The van der Waals surface area contributed by atoms with Gasteiger partial charge in [0.15, 0.2) is 4.31 Å². The van der Waals surface area contributed by atoms with Gasteiger partial charge in [0.2, 0.25) is 0 Å². The second kappa shape index (κ2) is 9.15. The molecule has 5 nitrogen and oxygen atoms in total. The van der Waals surface area contributed by atoms with Crippen LogP contribution >= 0.6 is 16.5 Å². The molecule has 0 saturated carbocycles. The molecular formula is C3H6Na3O5P2+2. The van der Waals surface area contributed by atoms with E-state index >= 15 is 0 Å². The van der Waals surface area contributed by atoms with E-state index in [0.717, 1.165) is 0 Å². The second-order valence-corrected chi connectivity index (χ2v) is 4.02. The van der Waals surface area contributed by atoms with Crippen LogP contribution in [0.1, 0.15) is 13.8 Å². The maximum absolute atomic E-state index is 10.5. The molecule has 0 spiro atoms. The third kappa shape index (κ3) is 8.84. The van der Waals surface area contributed by atoms with Gasteiger partial charge in [-0.1, -0.05) is 9.05 Å². The van der Waals surface area contributed by atoms with Crippen molar-refractivity contribution in [1.82, 2.24) is 0 Å². The molecule has 0 aromatic heterocycles. The fraction of sp³-hybridized carbons (Fsp3) is 1.00. The van der Waals surface area contributed by atoms with Crippen LogP contribution in [0.3, 0.4) is 0 Å². The molecule has 1 saturated heterocycles. The minimum atomic E-state index is -2.28. The van der Waals surface area contributed by atoms with E-state index in [1.54, 1.807) is 0 Å². The molecule has 0 aromatic rings. The summed E-state index contributed by atoms with van der Waals surface area (Å²) < 4.78 is 34.5. The van der Waals surface area contributed by atoms with Crippen molar-refractivity contribution in [3.8, 4) is 0 Å². The first-order valence-corrected chi connectivity index (χ1v) is 4.69. The molecule has 1 aliphatic rings. The van der Waals surface area contributed by atoms with Crippen molar-refractivity contribution in [3.63, 3.8) is 0 Å². The fourth-order valence-electron chi connectivity index (χ4n) is 0.463. The van der Waals surface area contributed by atoms with Crippen molar-refractivity contribution >= 4 is 105 Å². The maximum atomic E-state index is 10.5. The molecule has 59 valence electrons. The van der Waals surface area contributed by atoms with E-state index in [-0.39, 0.29) is 88.7 Å². The van der Waals surface area contributed by atoms with Gasteiger partial charge in [0, 0.05) is 97.8 Å². The van der Waals surface area contributed by atoms with Crippen molar-refractivity contribution in [2.24, 2.45) is 0 Å². The van der Waals surface area contributed by atoms with Gasteiger partial charge in [-0.2, -0.15) is 0 Å².